The Morgan fingerprint density at radius 1 is 1.31 bits per heavy atom. The molecule has 1 heterocycles. The Bertz CT molecular complexity index is 303. The molecule has 2 rings (SSSR count). The normalized spacial score (nSPS) is 10.4. The zero-order valence-corrected chi connectivity index (χ0v) is 13.6. The first kappa shape index (κ1) is 21.4. The molecule has 0 aromatic carbocycles. The largest absolute Gasteiger partial charge is 4.00 e. The van der Waals surface area contributed by atoms with Crippen LogP contribution in [0.25, 0.3) is 0 Å². The fourth-order valence-electron chi connectivity index (χ4n) is 0.902. The fourth-order valence-corrected chi connectivity index (χ4v) is 0.902. The molecule has 0 fully saturated rings. The molecule has 0 bridgehead atoms. The molecule has 2 nitrogen and oxygen atoms in total. The van der Waals surface area contributed by atoms with Gasteiger partial charge in [0.05, 0.1) is 0 Å². The van der Waals surface area contributed by atoms with Crippen molar-refractivity contribution < 1.29 is 51.0 Å². The zero-order valence-electron chi connectivity index (χ0n) is 9.59. The van der Waals surface area contributed by atoms with Crippen LogP contribution in [0.15, 0.2) is 18.2 Å². The first-order valence-electron chi connectivity index (χ1n) is 4.36. The maximum atomic E-state index is 3.87. The second-order valence-corrected chi connectivity index (χ2v) is 3.00. The van der Waals surface area contributed by atoms with Gasteiger partial charge in [-0.1, -0.05) is 32.2 Å². The van der Waals surface area contributed by atoms with Gasteiger partial charge in [-0.3, -0.25) is 16.3 Å². The van der Waals surface area contributed by atoms with Gasteiger partial charge < -0.3 is 24.8 Å². The number of halogens is 2. The van der Waals surface area contributed by atoms with Crippen LogP contribution in [-0.4, -0.2) is 10.2 Å². The van der Waals surface area contributed by atoms with Gasteiger partial charge in [0, 0.05) is 0 Å². The predicted molar refractivity (Wildman–Crippen MR) is 53.4 cm³/mol. The van der Waals surface area contributed by atoms with Crippen molar-refractivity contribution in [2.45, 2.75) is 27.2 Å². The average molecular weight is 336 g/mol. The smallest absolute Gasteiger partial charge is 1.00 e. The quantitative estimate of drug-likeness (QED) is 0.458. The molecule has 5 heteroatoms. The van der Waals surface area contributed by atoms with Crippen molar-refractivity contribution in [1.82, 2.24) is 10.2 Å². The van der Waals surface area contributed by atoms with E-state index in [2.05, 4.69) is 22.3 Å². The van der Waals surface area contributed by atoms with Gasteiger partial charge in [-0.05, 0) is 0 Å². The van der Waals surface area contributed by atoms with Crippen LogP contribution >= 0.6 is 0 Å². The molecule has 0 N–H and O–H groups in total. The van der Waals surface area contributed by atoms with E-state index in [1.807, 2.05) is 32.9 Å². The van der Waals surface area contributed by atoms with Crippen LogP contribution in [0.1, 0.15) is 23.4 Å². The van der Waals surface area contributed by atoms with Gasteiger partial charge in [0.25, 0.3) is 0 Å². The molecule has 0 saturated carbocycles. The summed E-state index contributed by atoms with van der Waals surface area (Å²) in [5, 5.41) is 7.73. The second-order valence-electron chi connectivity index (χ2n) is 3.00. The number of rotatable bonds is 0. The van der Waals surface area contributed by atoms with Crippen molar-refractivity contribution in [2.75, 3.05) is 0 Å². The molecule has 0 aliphatic heterocycles. The molecule has 1 aromatic rings. The molecule has 0 radical (unpaired) electrons. The first-order valence-corrected chi connectivity index (χ1v) is 4.36. The molecule has 0 spiro atoms. The minimum absolute atomic E-state index is 0. The summed E-state index contributed by atoms with van der Waals surface area (Å²) in [5.74, 6) is 0. The zero-order chi connectivity index (χ0) is 9.68. The summed E-state index contributed by atoms with van der Waals surface area (Å²) in [5.41, 5.74) is 3.30. The summed E-state index contributed by atoms with van der Waals surface area (Å²) < 4.78 is 0. The van der Waals surface area contributed by atoms with Crippen molar-refractivity contribution in [3.05, 3.63) is 41.3 Å². The summed E-state index contributed by atoms with van der Waals surface area (Å²) >= 11 is 0. The van der Waals surface area contributed by atoms with Gasteiger partial charge in [0.2, 0.25) is 0 Å². The van der Waals surface area contributed by atoms with Crippen LogP contribution < -0.4 is 24.8 Å². The van der Waals surface area contributed by atoms with E-state index in [4.69, 9.17) is 0 Å². The number of allylic oxidation sites excluding steroid dienone is 4. The van der Waals surface area contributed by atoms with E-state index in [0.29, 0.717) is 0 Å². The van der Waals surface area contributed by atoms with Gasteiger partial charge in [0.15, 0.2) is 0 Å². The standard InChI is InChI=1S/C6H9N2.C5H5.2ClH.Zr/c1-4-5(2)7-8-6(4)3;1-2-4-5-3-1;;;/h1-3H3;1-3H,4H2;2*1H;/q2*-1;;;+4/p-2. The molecule has 0 saturated heterocycles. The third-order valence-corrected chi connectivity index (χ3v) is 2.02. The van der Waals surface area contributed by atoms with Crippen LogP contribution in [-0.2, 0) is 26.2 Å². The van der Waals surface area contributed by atoms with E-state index >= 15 is 0 Å². The average Bonchev–Trinajstić information content (AvgIpc) is 2.75. The Balaban J connectivity index is -0.000000189. The van der Waals surface area contributed by atoms with Gasteiger partial charge in [-0.25, -0.2) is 12.2 Å². The SMILES string of the molecule is Cc1nn[c-](C)c1C.[C-]1=CC=CC1.[Cl-].[Cl-].[Zr+4]. The number of hydrogen-bond acceptors (Lipinski definition) is 2. The van der Waals surface area contributed by atoms with Gasteiger partial charge in [0.1, 0.15) is 0 Å². The minimum Gasteiger partial charge on any atom is -1.00 e. The number of aromatic nitrogens is 2. The summed E-state index contributed by atoms with van der Waals surface area (Å²) in [6, 6.07) is 0. The first-order chi connectivity index (χ1) is 6.22. The molecule has 0 unspecified atom stereocenters. The second kappa shape index (κ2) is 11.6. The maximum absolute atomic E-state index is 3.87. The Kier molecular flexibility index (Phi) is 15.6. The van der Waals surface area contributed by atoms with Crippen LogP contribution in [0.2, 0.25) is 0 Å². The topological polar surface area (TPSA) is 25.8 Å². The van der Waals surface area contributed by atoms with E-state index in [1.54, 1.807) is 0 Å². The van der Waals surface area contributed by atoms with Gasteiger partial charge in [-0.2, -0.15) is 11.6 Å². The fraction of sp³-hybridized carbons (Fsp3) is 0.364. The monoisotopic (exact) mass is 334 g/mol. The van der Waals surface area contributed by atoms with E-state index in [-0.39, 0.29) is 51.0 Å². The predicted octanol–water partition coefficient (Wildman–Crippen LogP) is -3.57. The van der Waals surface area contributed by atoms with Gasteiger partial charge in [-0.15, -0.1) is 6.42 Å². The Labute approximate surface area is 129 Å². The summed E-state index contributed by atoms with van der Waals surface area (Å²) in [4.78, 5) is 0. The molecular formula is C11H14Cl2N2Zr. The Hall–Kier alpha value is 0.153. The van der Waals surface area contributed by atoms with Crippen molar-refractivity contribution in [1.29, 1.82) is 0 Å². The summed E-state index contributed by atoms with van der Waals surface area (Å²) in [6.07, 6.45) is 10.0. The molecule has 0 atom stereocenters. The molecule has 86 valence electrons. The third kappa shape index (κ3) is 7.43. The third-order valence-electron chi connectivity index (χ3n) is 2.02. The number of nitrogens with zero attached hydrogens (tertiary/aromatic N) is 2. The Morgan fingerprint density at radius 2 is 1.94 bits per heavy atom. The molecule has 1 aliphatic rings. The van der Waals surface area contributed by atoms with E-state index in [9.17, 15) is 0 Å². The van der Waals surface area contributed by atoms with Crippen molar-refractivity contribution in [2.24, 2.45) is 0 Å². The molecule has 1 aliphatic carbocycles. The van der Waals surface area contributed by atoms with E-state index < -0.39 is 0 Å². The van der Waals surface area contributed by atoms with Crippen molar-refractivity contribution >= 4 is 0 Å². The van der Waals surface area contributed by atoms with Crippen molar-refractivity contribution in [3.8, 4) is 0 Å². The van der Waals surface area contributed by atoms with E-state index in [1.165, 1.54) is 5.56 Å². The van der Waals surface area contributed by atoms with E-state index in [0.717, 1.165) is 17.8 Å². The number of hydrogen-bond donors (Lipinski definition) is 0. The van der Waals surface area contributed by atoms with Crippen LogP contribution in [0, 0.1) is 26.8 Å². The van der Waals surface area contributed by atoms with Crippen molar-refractivity contribution in [3.63, 3.8) is 0 Å². The molecule has 1 aromatic heterocycles. The summed E-state index contributed by atoms with van der Waals surface area (Å²) in [6.45, 7) is 5.97. The number of aryl methyl sites for hydroxylation is 2. The molecule has 16 heavy (non-hydrogen) atoms. The van der Waals surface area contributed by atoms with Crippen LogP contribution in [0.3, 0.4) is 0 Å². The van der Waals surface area contributed by atoms with Crippen LogP contribution in [0.4, 0.5) is 0 Å². The minimum atomic E-state index is 0. The van der Waals surface area contributed by atoms with Crippen LogP contribution in [0.5, 0.6) is 0 Å². The van der Waals surface area contributed by atoms with Gasteiger partial charge >= 0.3 is 26.2 Å². The summed E-state index contributed by atoms with van der Waals surface area (Å²) in [7, 11) is 0. The molecule has 0 amide bonds. The maximum Gasteiger partial charge on any atom is 4.00 e. The molecular weight excluding hydrogens is 322 g/mol. The Morgan fingerprint density at radius 3 is 2.06 bits per heavy atom.